The van der Waals surface area contributed by atoms with Gasteiger partial charge in [0, 0.05) is 38.2 Å². The number of alkyl halides is 7. The first-order chi connectivity index (χ1) is 14.8. The number of hydrogen-bond acceptors (Lipinski definition) is 7. The Kier molecular flexibility index (Phi) is 8.90. The van der Waals surface area contributed by atoms with Crippen molar-refractivity contribution in [2.24, 2.45) is 0 Å². The van der Waals surface area contributed by atoms with Crippen molar-refractivity contribution in [3.05, 3.63) is 12.2 Å². The maximum Gasteiger partial charge on any atom is 0.466 e. The minimum atomic E-state index is -6.55. The summed E-state index contributed by atoms with van der Waals surface area (Å²) in [6, 6.07) is 0. The topological polar surface area (TPSA) is 122 Å². The van der Waals surface area contributed by atoms with Crippen LogP contribution in [0, 0.1) is 0 Å². The highest BCUT2D eigenvalue weighted by Crippen LogP contribution is 2.42. The zero-order valence-electron chi connectivity index (χ0n) is 17.1. The van der Waals surface area contributed by atoms with Crippen LogP contribution in [0.2, 0.25) is 0 Å². The summed E-state index contributed by atoms with van der Waals surface area (Å²) >= 11 is 0. The van der Waals surface area contributed by atoms with Gasteiger partial charge in [-0.1, -0.05) is 6.58 Å². The second-order valence-electron chi connectivity index (χ2n) is 6.97. The van der Waals surface area contributed by atoms with Crippen LogP contribution in [-0.2, 0) is 29.2 Å². The molecular weight excluding hydrogens is 497 g/mol. The summed E-state index contributed by atoms with van der Waals surface area (Å²) in [7, 11) is -6.55. The third-order valence-electron chi connectivity index (χ3n) is 4.33. The number of rotatable bonds is 10. The molecule has 17 heteroatoms. The molecule has 0 radical (unpaired) electrons. The van der Waals surface area contributed by atoms with Crippen LogP contribution in [-0.4, -0.2) is 85.7 Å². The van der Waals surface area contributed by atoms with Gasteiger partial charge in [0.1, 0.15) is 0 Å². The molecule has 0 aromatic carbocycles. The Balaban J connectivity index is 3.17. The molecule has 1 fully saturated rings. The van der Waals surface area contributed by atoms with E-state index in [-0.39, 0.29) is 26.2 Å². The lowest BCUT2D eigenvalue weighted by Gasteiger charge is -2.38. The number of ether oxygens (including phenoxy) is 2. The molecule has 1 atom stereocenters. The third-order valence-corrected chi connectivity index (χ3v) is 5.28. The molecule has 0 aromatic heterocycles. The van der Waals surface area contributed by atoms with Crippen molar-refractivity contribution in [2.75, 3.05) is 32.8 Å². The minimum absolute atomic E-state index is 0.0745. The van der Waals surface area contributed by atoms with E-state index < -0.39 is 70.2 Å². The molecule has 33 heavy (non-hydrogen) atoms. The number of halogens is 7. The van der Waals surface area contributed by atoms with Crippen LogP contribution in [0.1, 0.15) is 19.8 Å². The molecule has 0 aromatic rings. The largest absolute Gasteiger partial charge is 0.466 e. The highest BCUT2D eigenvalue weighted by molar-refractivity contribution is 7.87. The molecule has 192 valence electrons. The number of esters is 1. The van der Waals surface area contributed by atoms with Crippen LogP contribution in [0.25, 0.3) is 0 Å². The number of nitrogens with one attached hydrogen (secondary N) is 1. The van der Waals surface area contributed by atoms with Gasteiger partial charge in [-0.3, -0.25) is 9.35 Å². The van der Waals surface area contributed by atoms with Gasteiger partial charge in [-0.05, 0) is 13.3 Å². The van der Waals surface area contributed by atoms with E-state index >= 15 is 0 Å². The summed E-state index contributed by atoms with van der Waals surface area (Å²) in [6.07, 6.45) is -9.15. The molecule has 0 aliphatic carbocycles. The Morgan fingerprint density at radius 1 is 1.09 bits per heavy atom. The number of carbonyl (C=O) groups excluding carboxylic acids is 2. The molecule has 0 spiro atoms. The quantitative estimate of drug-likeness (QED) is 0.112. The predicted octanol–water partition coefficient (Wildman–Crippen LogP) is 1.71. The molecule has 9 nitrogen and oxygen atoms in total. The van der Waals surface area contributed by atoms with Gasteiger partial charge in [-0.2, -0.15) is 39.2 Å². The molecule has 1 unspecified atom stereocenters. The van der Waals surface area contributed by atoms with Gasteiger partial charge in [0.05, 0.1) is 6.61 Å². The van der Waals surface area contributed by atoms with E-state index in [4.69, 9.17) is 4.55 Å². The Labute approximate surface area is 183 Å². The van der Waals surface area contributed by atoms with E-state index in [1.54, 1.807) is 0 Å². The number of hydrogen-bond donors (Lipinski definition) is 2. The standard InChI is InChI=1S/C16H21F7N2O7S/c1-10(2)11(26)32-14(15(19,20)21,12(27)25-7-5-24-6-8-25)31-9-3-4-13(17,18)16(22,23)33(28,29)30/h24H,1,3-9H2,2H3,(H,28,29,30). The molecule has 1 aliphatic heterocycles. The second kappa shape index (κ2) is 10.1. The first-order valence-electron chi connectivity index (χ1n) is 9.12. The average Bonchev–Trinajstić information content (AvgIpc) is 2.68. The van der Waals surface area contributed by atoms with Crippen LogP contribution in [0.15, 0.2) is 12.2 Å². The molecule has 1 heterocycles. The fourth-order valence-electron chi connectivity index (χ4n) is 2.53. The van der Waals surface area contributed by atoms with Crippen molar-refractivity contribution in [1.29, 1.82) is 0 Å². The summed E-state index contributed by atoms with van der Waals surface area (Å²) in [5, 5.41) is -3.19. The van der Waals surface area contributed by atoms with E-state index in [1.165, 1.54) is 0 Å². The first kappa shape index (κ1) is 29.1. The van der Waals surface area contributed by atoms with E-state index in [0.717, 1.165) is 6.92 Å². The third kappa shape index (κ3) is 6.33. The van der Waals surface area contributed by atoms with E-state index in [0.29, 0.717) is 4.90 Å². The van der Waals surface area contributed by atoms with Crippen LogP contribution in [0.4, 0.5) is 30.7 Å². The van der Waals surface area contributed by atoms with Crippen LogP contribution < -0.4 is 5.32 Å². The lowest BCUT2D eigenvalue weighted by Crippen LogP contribution is -2.64. The van der Waals surface area contributed by atoms with Gasteiger partial charge in [0.2, 0.25) is 0 Å². The second-order valence-corrected chi connectivity index (χ2v) is 8.44. The highest BCUT2D eigenvalue weighted by Gasteiger charge is 2.68. The predicted molar refractivity (Wildman–Crippen MR) is 95.8 cm³/mol. The monoisotopic (exact) mass is 518 g/mol. The number of nitrogens with zero attached hydrogens (tertiary/aromatic N) is 1. The fourth-order valence-corrected chi connectivity index (χ4v) is 3.01. The Hall–Kier alpha value is -1.98. The van der Waals surface area contributed by atoms with Crippen LogP contribution in [0.3, 0.4) is 0 Å². The molecule has 0 saturated carbocycles. The van der Waals surface area contributed by atoms with Gasteiger partial charge >= 0.3 is 45.1 Å². The van der Waals surface area contributed by atoms with Crippen molar-refractivity contribution < 1.29 is 62.8 Å². The minimum Gasteiger partial charge on any atom is -0.412 e. The fraction of sp³-hybridized carbons (Fsp3) is 0.750. The zero-order valence-corrected chi connectivity index (χ0v) is 17.9. The van der Waals surface area contributed by atoms with Crippen molar-refractivity contribution in [3.63, 3.8) is 0 Å². The molecule has 0 bridgehead atoms. The van der Waals surface area contributed by atoms with Gasteiger partial charge in [0.25, 0.3) is 0 Å². The summed E-state index contributed by atoms with van der Waals surface area (Å²) in [5.74, 6) is -13.3. The normalized spacial score (nSPS) is 17.9. The van der Waals surface area contributed by atoms with Gasteiger partial charge in [-0.25, -0.2) is 4.79 Å². The Morgan fingerprint density at radius 2 is 1.61 bits per heavy atom. The van der Waals surface area contributed by atoms with Gasteiger partial charge < -0.3 is 19.7 Å². The molecule has 1 aliphatic rings. The van der Waals surface area contributed by atoms with Gasteiger partial charge in [0.15, 0.2) is 0 Å². The summed E-state index contributed by atoms with van der Waals surface area (Å²) in [4.78, 5) is 25.1. The molecular formula is C16H21F7N2O7S. The number of amides is 1. The highest BCUT2D eigenvalue weighted by atomic mass is 32.2. The lowest BCUT2D eigenvalue weighted by molar-refractivity contribution is -0.351. The molecule has 1 rings (SSSR count). The first-order valence-corrected chi connectivity index (χ1v) is 10.6. The Morgan fingerprint density at radius 3 is 2.03 bits per heavy atom. The summed E-state index contributed by atoms with van der Waals surface area (Å²) < 4.78 is 133. The van der Waals surface area contributed by atoms with Crippen molar-refractivity contribution in [3.8, 4) is 0 Å². The number of piperazine rings is 1. The van der Waals surface area contributed by atoms with E-state index in [1.807, 2.05) is 0 Å². The zero-order chi connectivity index (χ0) is 25.9. The molecule has 1 saturated heterocycles. The van der Waals surface area contributed by atoms with E-state index in [9.17, 15) is 48.7 Å². The van der Waals surface area contributed by atoms with Gasteiger partial charge in [-0.15, -0.1) is 0 Å². The van der Waals surface area contributed by atoms with Crippen molar-refractivity contribution >= 4 is 22.0 Å². The molecule has 1 amide bonds. The number of carbonyl (C=O) groups is 2. The average molecular weight is 518 g/mol. The van der Waals surface area contributed by atoms with Crippen molar-refractivity contribution in [1.82, 2.24) is 10.2 Å². The van der Waals surface area contributed by atoms with E-state index in [2.05, 4.69) is 21.4 Å². The van der Waals surface area contributed by atoms with Crippen LogP contribution in [0.5, 0.6) is 0 Å². The summed E-state index contributed by atoms with van der Waals surface area (Å²) in [6.45, 7) is 2.17. The van der Waals surface area contributed by atoms with Crippen molar-refractivity contribution in [2.45, 2.75) is 42.9 Å². The molecule has 2 N–H and O–H groups in total. The smallest absolute Gasteiger partial charge is 0.412 e. The SMILES string of the molecule is C=C(C)C(=O)OC(OCCCC(F)(F)C(F)(F)S(=O)(=O)O)(C(=O)N1CCNCC1)C(F)(F)F. The maximum absolute atomic E-state index is 13.9. The Bertz CT molecular complexity index is 858. The summed E-state index contributed by atoms with van der Waals surface area (Å²) in [5.41, 5.74) is -0.570. The lowest BCUT2D eigenvalue weighted by atomic mass is 10.1. The maximum atomic E-state index is 13.9. The van der Waals surface area contributed by atoms with Crippen LogP contribution >= 0.6 is 0 Å².